The molecule has 4 nitrogen and oxygen atoms in total. The molecule has 2 aromatic carbocycles. The smallest absolute Gasteiger partial charge is 0.332 e. The summed E-state index contributed by atoms with van der Waals surface area (Å²) in [6, 6.07) is 9.73. The fraction of sp³-hybridized carbons (Fsp3) is 0.158. The molecule has 0 aromatic heterocycles. The van der Waals surface area contributed by atoms with E-state index in [-0.39, 0.29) is 18.4 Å². The Morgan fingerprint density at radius 1 is 0.852 bits per heavy atom. The number of carbonyl (C=O) groups is 2. The molecule has 0 heterocycles. The summed E-state index contributed by atoms with van der Waals surface area (Å²) >= 11 is 24.2. The zero-order valence-corrected chi connectivity index (χ0v) is 16.8. The average molecular weight is 448 g/mol. The van der Waals surface area contributed by atoms with Crippen molar-refractivity contribution in [3.63, 3.8) is 0 Å². The summed E-state index contributed by atoms with van der Waals surface area (Å²) < 4.78 is 0. The van der Waals surface area contributed by atoms with Crippen LogP contribution in [0, 0.1) is 5.92 Å². The highest BCUT2D eigenvalue weighted by Gasteiger charge is 2.24. The summed E-state index contributed by atoms with van der Waals surface area (Å²) in [5.74, 6) is -3.35. The number of carboxylic acids is 2. The van der Waals surface area contributed by atoms with Gasteiger partial charge in [0.2, 0.25) is 0 Å². The van der Waals surface area contributed by atoms with E-state index in [0.29, 0.717) is 37.3 Å². The Morgan fingerprint density at radius 3 is 1.63 bits per heavy atom. The van der Waals surface area contributed by atoms with Gasteiger partial charge in [-0.1, -0.05) is 58.5 Å². The molecule has 0 aliphatic carbocycles. The van der Waals surface area contributed by atoms with Crippen LogP contribution >= 0.6 is 46.4 Å². The van der Waals surface area contributed by atoms with Gasteiger partial charge in [-0.25, -0.2) is 9.59 Å². The molecule has 0 spiro atoms. The first-order valence-corrected chi connectivity index (χ1v) is 9.24. The molecule has 0 radical (unpaired) electrons. The minimum atomic E-state index is -1.35. The number of rotatable bonds is 7. The maximum absolute atomic E-state index is 11.7. The highest BCUT2D eigenvalue weighted by molar-refractivity contribution is 6.35. The van der Waals surface area contributed by atoms with E-state index in [1.807, 2.05) is 0 Å². The van der Waals surface area contributed by atoms with Gasteiger partial charge in [-0.15, -0.1) is 0 Å². The Hall–Kier alpha value is -1.72. The van der Waals surface area contributed by atoms with E-state index < -0.39 is 17.9 Å². The van der Waals surface area contributed by atoms with Gasteiger partial charge >= 0.3 is 11.9 Å². The lowest BCUT2D eigenvalue weighted by atomic mass is 9.86. The van der Waals surface area contributed by atoms with Gasteiger partial charge in [-0.3, -0.25) is 0 Å². The maximum atomic E-state index is 11.7. The van der Waals surface area contributed by atoms with E-state index in [9.17, 15) is 14.7 Å². The van der Waals surface area contributed by atoms with Crippen molar-refractivity contribution in [3.05, 3.63) is 79.3 Å². The predicted octanol–water partition coefficient (Wildman–Crippen LogP) is 5.80. The Labute approximate surface area is 175 Å². The molecular formula is C19H14Cl4O4. The minimum Gasteiger partial charge on any atom is -0.478 e. The van der Waals surface area contributed by atoms with Crippen LogP contribution in [0.1, 0.15) is 11.1 Å². The van der Waals surface area contributed by atoms with Gasteiger partial charge in [0.25, 0.3) is 0 Å². The molecular weight excluding hydrogens is 434 g/mol. The number of benzene rings is 2. The van der Waals surface area contributed by atoms with Gasteiger partial charge in [0.05, 0.1) is 0 Å². The van der Waals surface area contributed by atoms with Crippen LogP contribution in [0.2, 0.25) is 20.1 Å². The number of hydrogen-bond acceptors (Lipinski definition) is 2. The first-order valence-electron chi connectivity index (χ1n) is 7.73. The van der Waals surface area contributed by atoms with Gasteiger partial charge in [-0.2, -0.15) is 0 Å². The monoisotopic (exact) mass is 446 g/mol. The molecule has 0 saturated carbocycles. The van der Waals surface area contributed by atoms with E-state index in [4.69, 9.17) is 51.5 Å². The molecule has 142 valence electrons. The fourth-order valence-corrected chi connectivity index (χ4v) is 3.66. The third-order valence-corrected chi connectivity index (χ3v) is 5.10. The summed E-state index contributed by atoms with van der Waals surface area (Å²) in [5.41, 5.74) is 1.04. The van der Waals surface area contributed by atoms with Crippen molar-refractivity contribution in [2.24, 2.45) is 5.92 Å². The van der Waals surface area contributed by atoms with Crippen molar-refractivity contribution in [2.45, 2.75) is 12.8 Å². The van der Waals surface area contributed by atoms with E-state index >= 15 is 0 Å². The second-order valence-corrected chi connectivity index (χ2v) is 7.51. The number of halogens is 4. The lowest BCUT2D eigenvalue weighted by molar-refractivity contribution is -0.135. The van der Waals surface area contributed by atoms with Crippen molar-refractivity contribution in [1.29, 1.82) is 0 Å². The topological polar surface area (TPSA) is 74.6 Å². The Balaban J connectivity index is 2.46. The summed E-state index contributed by atoms with van der Waals surface area (Å²) in [5, 5.41) is 20.2. The van der Waals surface area contributed by atoms with Crippen molar-refractivity contribution in [1.82, 2.24) is 0 Å². The van der Waals surface area contributed by atoms with E-state index in [0.717, 1.165) is 0 Å². The van der Waals surface area contributed by atoms with Gasteiger partial charge in [0, 0.05) is 31.7 Å². The summed E-state index contributed by atoms with van der Waals surface area (Å²) in [4.78, 5) is 22.8. The second kappa shape index (κ2) is 9.47. The Kier molecular flexibility index (Phi) is 7.57. The third kappa shape index (κ3) is 6.15. The van der Waals surface area contributed by atoms with Crippen molar-refractivity contribution in [3.8, 4) is 0 Å². The van der Waals surface area contributed by atoms with Crippen LogP contribution in [0.5, 0.6) is 0 Å². The van der Waals surface area contributed by atoms with Gasteiger partial charge in [-0.05, 0) is 54.2 Å². The van der Waals surface area contributed by atoms with Crippen LogP contribution in [0.3, 0.4) is 0 Å². The molecule has 2 aromatic rings. The van der Waals surface area contributed by atoms with Gasteiger partial charge in [0.15, 0.2) is 0 Å². The van der Waals surface area contributed by atoms with E-state index in [1.54, 1.807) is 36.4 Å². The average Bonchev–Trinajstić information content (AvgIpc) is 2.56. The largest absolute Gasteiger partial charge is 0.478 e. The fourth-order valence-electron chi connectivity index (χ4n) is 2.68. The van der Waals surface area contributed by atoms with E-state index in [2.05, 4.69) is 0 Å². The van der Waals surface area contributed by atoms with Crippen LogP contribution in [0.25, 0.3) is 0 Å². The first kappa shape index (κ1) is 21.6. The molecule has 0 fully saturated rings. The molecule has 0 saturated heterocycles. The summed E-state index contributed by atoms with van der Waals surface area (Å²) in [6.45, 7) is 0. The highest BCUT2D eigenvalue weighted by Crippen LogP contribution is 2.31. The number of carboxylic acid groups (broad SMARTS) is 2. The molecule has 2 rings (SSSR count). The SMILES string of the molecule is O=C(O)C=C(C(=O)O)C(Cc1ccc(Cl)cc1Cl)Cc1ccc(Cl)cc1Cl. The van der Waals surface area contributed by atoms with Crippen LogP contribution in [0.4, 0.5) is 0 Å². The van der Waals surface area contributed by atoms with Crippen LogP contribution in [0.15, 0.2) is 48.0 Å². The molecule has 27 heavy (non-hydrogen) atoms. The number of hydrogen-bond donors (Lipinski definition) is 2. The predicted molar refractivity (Wildman–Crippen MR) is 107 cm³/mol. The maximum Gasteiger partial charge on any atom is 0.332 e. The van der Waals surface area contributed by atoms with Crippen LogP contribution in [-0.4, -0.2) is 22.2 Å². The lowest BCUT2D eigenvalue weighted by Crippen LogP contribution is -2.19. The van der Waals surface area contributed by atoms with Crippen molar-refractivity contribution >= 4 is 58.3 Å². The summed E-state index contributed by atoms with van der Waals surface area (Å²) in [6.07, 6.45) is 1.08. The van der Waals surface area contributed by atoms with Crippen LogP contribution in [-0.2, 0) is 22.4 Å². The molecule has 0 amide bonds. The Bertz CT molecular complexity index is 855. The van der Waals surface area contributed by atoms with E-state index in [1.165, 1.54) is 0 Å². The Morgan fingerprint density at radius 2 is 1.30 bits per heavy atom. The number of aliphatic carboxylic acids is 2. The zero-order valence-electron chi connectivity index (χ0n) is 13.8. The molecule has 0 bridgehead atoms. The van der Waals surface area contributed by atoms with Gasteiger partial charge < -0.3 is 10.2 Å². The highest BCUT2D eigenvalue weighted by atomic mass is 35.5. The molecule has 0 unspecified atom stereocenters. The first-order chi connectivity index (χ1) is 12.7. The lowest BCUT2D eigenvalue weighted by Gasteiger charge is -2.19. The summed E-state index contributed by atoms with van der Waals surface area (Å²) in [7, 11) is 0. The molecule has 0 aliphatic heterocycles. The van der Waals surface area contributed by atoms with Crippen molar-refractivity contribution < 1.29 is 19.8 Å². The second-order valence-electron chi connectivity index (χ2n) is 5.82. The molecule has 0 atom stereocenters. The quantitative estimate of drug-likeness (QED) is 0.526. The third-order valence-electron chi connectivity index (χ3n) is 3.93. The minimum absolute atomic E-state index is 0.195. The molecule has 0 aliphatic rings. The standard InChI is InChI=1S/C19H14Cl4O4/c20-13-3-1-10(16(22)7-13)5-12(15(19(26)27)9-18(24)25)6-11-2-4-14(21)8-17(11)23/h1-4,7-9,12H,5-6H2,(H,24,25)(H,26,27). The van der Waals surface area contributed by atoms with Crippen LogP contribution < -0.4 is 0 Å². The van der Waals surface area contributed by atoms with Crippen molar-refractivity contribution in [2.75, 3.05) is 0 Å². The van der Waals surface area contributed by atoms with Gasteiger partial charge in [0.1, 0.15) is 0 Å². The molecule has 8 heteroatoms. The zero-order chi connectivity index (χ0) is 20.1. The molecule has 2 N–H and O–H groups in total. The normalized spacial score (nSPS) is 11.7.